The minimum atomic E-state index is -0.230. The highest BCUT2D eigenvalue weighted by molar-refractivity contribution is 14.1. The third-order valence-corrected chi connectivity index (χ3v) is 5.85. The van der Waals surface area contributed by atoms with E-state index < -0.39 is 0 Å². The van der Waals surface area contributed by atoms with Crippen LogP contribution in [0.4, 0.5) is 5.69 Å². The summed E-state index contributed by atoms with van der Waals surface area (Å²) in [5, 5.41) is 2.85. The molecule has 4 aromatic rings. The molecule has 0 radical (unpaired) electrons. The molecule has 0 unspecified atom stereocenters. The van der Waals surface area contributed by atoms with E-state index in [-0.39, 0.29) is 12.5 Å². The summed E-state index contributed by atoms with van der Waals surface area (Å²) in [7, 11) is 0. The molecule has 0 saturated heterocycles. The molecule has 0 aliphatic heterocycles. The van der Waals surface area contributed by atoms with Gasteiger partial charge in [-0.05, 0) is 89.0 Å². The van der Waals surface area contributed by atoms with Gasteiger partial charge in [-0.3, -0.25) is 4.79 Å². The SMILES string of the molecule is CC[C@H](C)c1ccc(OCC(=O)Nc2ccc3oc(-c4cccc(I)c4)nc3c2)cc1. The number of anilines is 1. The lowest BCUT2D eigenvalue weighted by molar-refractivity contribution is -0.118. The zero-order valence-electron chi connectivity index (χ0n) is 17.4. The van der Waals surface area contributed by atoms with Gasteiger partial charge in [-0.1, -0.05) is 32.0 Å². The summed E-state index contributed by atoms with van der Waals surface area (Å²) in [6.07, 6.45) is 1.09. The summed E-state index contributed by atoms with van der Waals surface area (Å²) in [6.45, 7) is 4.30. The molecule has 1 aromatic heterocycles. The van der Waals surface area contributed by atoms with Gasteiger partial charge in [-0.15, -0.1) is 0 Å². The highest BCUT2D eigenvalue weighted by Gasteiger charge is 2.11. The van der Waals surface area contributed by atoms with Gasteiger partial charge in [0.05, 0.1) is 0 Å². The van der Waals surface area contributed by atoms with Gasteiger partial charge in [-0.2, -0.15) is 0 Å². The van der Waals surface area contributed by atoms with Crippen molar-refractivity contribution >= 4 is 45.3 Å². The van der Waals surface area contributed by atoms with Crippen LogP contribution >= 0.6 is 22.6 Å². The highest BCUT2D eigenvalue weighted by Crippen LogP contribution is 2.27. The van der Waals surface area contributed by atoms with E-state index in [1.807, 2.05) is 54.6 Å². The number of nitrogens with one attached hydrogen (secondary N) is 1. The van der Waals surface area contributed by atoms with Crippen molar-refractivity contribution < 1.29 is 13.9 Å². The Labute approximate surface area is 195 Å². The average molecular weight is 526 g/mol. The summed E-state index contributed by atoms with van der Waals surface area (Å²) >= 11 is 2.26. The zero-order valence-corrected chi connectivity index (χ0v) is 19.5. The van der Waals surface area contributed by atoms with Crippen LogP contribution in [0.25, 0.3) is 22.6 Å². The molecule has 1 N–H and O–H groups in total. The number of nitrogens with zero attached hydrogens (tertiary/aromatic N) is 1. The summed E-state index contributed by atoms with van der Waals surface area (Å²) in [4.78, 5) is 16.9. The second-order valence-electron chi connectivity index (χ2n) is 7.43. The smallest absolute Gasteiger partial charge is 0.262 e. The zero-order chi connectivity index (χ0) is 21.8. The molecule has 6 heteroatoms. The van der Waals surface area contributed by atoms with Crippen LogP contribution in [0.15, 0.2) is 71.1 Å². The second-order valence-corrected chi connectivity index (χ2v) is 8.67. The van der Waals surface area contributed by atoms with Gasteiger partial charge < -0.3 is 14.5 Å². The lowest BCUT2D eigenvalue weighted by Crippen LogP contribution is -2.20. The summed E-state index contributed by atoms with van der Waals surface area (Å²) in [5.74, 6) is 1.51. The van der Waals surface area contributed by atoms with Gasteiger partial charge in [0.2, 0.25) is 5.89 Å². The van der Waals surface area contributed by atoms with Crippen LogP contribution in [0.1, 0.15) is 31.7 Å². The Kier molecular flexibility index (Phi) is 6.56. The average Bonchev–Trinajstić information content (AvgIpc) is 3.21. The van der Waals surface area contributed by atoms with Gasteiger partial charge in [0.15, 0.2) is 12.2 Å². The van der Waals surface area contributed by atoms with E-state index in [1.165, 1.54) is 5.56 Å². The quantitative estimate of drug-likeness (QED) is 0.275. The van der Waals surface area contributed by atoms with Crippen LogP contribution in [0, 0.1) is 3.57 Å². The molecule has 0 bridgehead atoms. The fourth-order valence-electron chi connectivity index (χ4n) is 3.22. The second kappa shape index (κ2) is 9.51. The van der Waals surface area contributed by atoms with Crippen molar-refractivity contribution in [3.05, 3.63) is 75.9 Å². The Morgan fingerprint density at radius 1 is 1.13 bits per heavy atom. The van der Waals surface area contributed by atoms with Crippen LogP contribution in [0.2, 0.25) is 0 Å². The van der Waals surface area contributed by atoms with Crippen molar-refractivity contribution in [2.75, 3.05) is 11.9 Å². The lowest BCUT2D eigenvalue weighted by atomic mass is 9.99. The fourth-order valence-corrected chi connectivity index (χ4v) is 3.77. The summed E-state index contributed by atoms with van der Waals surface area (Å²) in [6, 6.07) is 21.3. The maximum atomic E-state index is 12.3. The molecular weight excluding hydrogens is 503 g/mol. The van der Waals surface area contributed by atoms with Crippen molar-refractivity contribution in [2.45, 2.75) is 26.2 Å². The molecule has 4 rings (SSSR count). The summed E-state index contributed by atoms with van der Waals surface area (Å²) in [5.41, 5.74) is 4.19. The third kappa shape index (κ3) is 5.25. The molecule has 3 aromatic carbocycles. The predicted octanol–water partition coefficient (Wildman–Crippen LogP) is 6.63. The van der Waals surface area contributed by atoms with Crippen LogP contribution in [0.5, 0.6) is 5.75 Å². The first-order valence-electron chi connectivity index (χ1n) is 10.2. The maximum absolute atomic E-state index is 12.3. The number of fused-ring (bicyclic) bond motifs is 1. The fraction of sp³-hybridized carbons (Fsp3) is 0.200. The van der Waals surface area contributed by atoms with E-state index in [9.17, 15) is 4.79 Å². The van der Waals surface area contributed by atoms with E-state index in [2.05, 4.69) is 46.7 Å². The van der Waals surface area contributed by atoms with Crippen molar-refractivity contribution in [1.29, 1.82) is 0 Å². The molecule has 0 saturated carbocycles. The van der Waals surface area contributed by atoms with Crippen molar-refractivity contribution in [1.82, 2.24) is 4.98 Å². The lowest BCUT2D eigenvalue weighted by Gasteiger charge is -2.11. The van der Waals surface area contributed by atoms with Gasteiger partial charge in [0.25, 0.3) is 5.91 Å². The molecule has 0 fully saturated rings. The number of amides is 1. The van der Waals surface area contributed by atoms with E-state index in [4.69, 9.17) is 9.15 Å². The first kappa shape index (κ1) is 21.4. The predicted molar refractivity (Wildman–Crippen MR) is 131 cm³/mol. The molecule has 1 amide bonds. The molecule has 0 spiro atoms. The molecule has 31 heavy (non-hydrogen) atoms. The molecule has 158 valence electrons. The molecular formula is C25H23IN2O3. The van der Waals surface area contributed by atoms with Crippen molar-refractivity contribution in [3.8, 4) is 17.2 Å². The summed E-state index contributed by atoms with van der Waals surface area (Å²) < 4.78 is 12.6. The van der Waals surface area contributed by atoms with Gasteiger partial charge in [0.1, 0.15) is 11.3 Å². The Bertz CT molecular complexity index is 1200. The topological polar surface area (TPSA) is 64.4 Å². The standard InChI is InChI=1S/C25H23IN2O3/c1-3-16(2)17-7-10-21(11-8-17)30-15-24(29)27-20-9-12-23-22(14-20)28-25(31-23)18-5-4-6-19(26)13-18/h4-14,16H,3,15H2,1-2H3,(H,27,29)/t16-/m0/s1. The number of hydrogen-bond donors (Lipinski definition) is 1. The van der Waals surface area contributed by atoms with Gasteiger partial charge in [-0.25, -0.2) is 4.98 Å². The number of halogens is 1. The third-order valence-electron chi connectivity index (χ3n) is 5.17. The minimum absolute atomic E-state index is 0.0623. The number of oxazole rings is 1. The van der Waals surface area contributed by atoms with Crippen molar-refractivity contribution in [2.24, 2.45) is 0 Å². The monoisotopic (exact) mass is 526 g/mol. The van der Waals surface area contributed by atoms with Crippen LogP contribution in [0.3, 0.4) is 0 Å². The Morgan fingerprint density at radius 2 is 1.94 bits per heavy atom. The number of carbonyl (C=O) groups is 1. The number of hydrogen-bond acceptors (Lipinski definition) is 4. The number of benzene rings is 3. The Hall–Kier alpha value is -2.87. The minimum Gasteiger partial charge on any atom is -0.484 e. The normalized spacial score (nSPS) is 12.0. The van der Waals surface area contributed by atoms with Gasteiger partial charge in [0, 0.05) is 14.8 Å². The first-order valence-corrected chi connectivity index (χ1v) is 11.3. The molecule has 0 aliphatic carbocycles. The van der Waals surface area contributed by atoms with E-state index in [0.29, 0.717) is 34.3 Å². The first-order chi connectivity index (χ1) is 15.0. The van der Waals surface area contributed by atoms with Crippen LogP contribution in [-0.4, -0.2) is 17.5 Å². The van der Waals surface area contributed by atoms with Gasteiger partial charge >= 0.3 is 0 Å². The van der Waals surface area contributed by atoms with Crippen LogP contribution in [-0.2, 0) is 4.79 Å². The largest absolute Gasteiger partial charge is 0.484 e. The number of rotatable bonds is 7. The Morgan fingerprint density at radius 3 is 2.68 bits per heavy atom. The Balaban J connectivity index is 1.39. The molecule has 5 nitrogen and oxygen atoms in total. The number of carbonyl (C=O) groups excluding carboxylic acids is 1. The molecule has 0 aliphatic rings. The van der Waals surface area contributed by atoms with E-state index >= 15 is 0 Å². The molecule has 1 atom stereocenters. The van der Waals surface area contributed by atoms with Crippen molar-refractivity contribution in [3.63, 3.8) is 0 Å². The van der Waals surface area contributed by atoms with E-state index in [1.54, 1.807) is 12.1 Å². The van der Waals surface area contributed by atoms with E-state index in [0.717, 1.165) is 15.6 Å². The molecule has 1 heterocycles. The van der Waals surface area contributed by atoms with Crippen LogP contribution < -0.4 is 10.1 Å². The highest BCUT2D eigenvalue weighted by atomic mass is 127. The number of aromatic nitrogens is 1. The number of ether oxygens (including phenoxy) is 1. The maximum Gasteiger partial charge on any atom is 0.262 e.